The number of methoxy groups -OCH3 is 1. The summed E-state index contributed by atoms with van der Waals surface area (Å²) in [6.07, 6.45) is 0. The molecule has 0 saturated heterocycles. The van der Waals surface area contributed by atoms with E-state index >= 15 is 0 Å². The van der Waals surface area contributed by atoms with Crippen molar-refractivity contribution in [2.45, 2.75) is 0 Å². The number of aromatic nitrogens is 1. The second-order valence-electron chi connectivity index (χ2n) is 6.01. The van der Waals surface area contributed by atoms with Crippen molar-refractivity contribution < 1.29 is 18.3 Å². The fourth-order valence-electron chi connectivity index (χ4n) is 2.68. The van der Waals surface area contributed by atoms with Gasteiger partial charge in [-0.25, -0.2) is 9.37 Å². The number of carbonyl (C=O) groups excluding carboxylic acids is 1. The van der Waals surface area contributed by atoms with Crippen molar-refractivity contribution >= 4 is 34.0 Å². The Kier molecular flexibility index (Phi) is 5.33. The van der Waals surface area contributed by atoms with Crippen LogP contribution in [0.3, 0.4) is 0 Å². The molecule has 2 heterocycles. The molecule has 1 N–H and O–H groups in total. The number of amides is 1. The number of carbonyl (C=O) groups is 1. The molecule has 5 nitrogen and oxygen atoms in total. The summed E-state index contributed by atoms with van der Waals surface area (Å²) in [5.74, 6) is -0.0321. The van der Waals surface area contributed by atoms with E-state index in [9.17, 15) is 9.18 Å². The second-order valence-corrected chi connectivity index (χ2v) is 7.31. The SMILES string of the molecule is COc1ccc(-c2csc(NC(=O)c3ccc(-c4ccc(Cl)cc4)o3)n2)cc1F. The van der Waals surface area contributed by atoms with Crippen LogP contribution in [0, 0.1) is 5.82 Å². The van der Waals surface area contributed by atoms with Gasteiger partial charge in [0.25, 0.3) is 5.91 Å². The van der Waals surface area contributed by atoms with Crippen molar-refractivity contribution in [3.8, 4) is 28.3 Å². The van der Waals surface area contributed by atoms with E-state index in [-0.39, 0.29) is 11.5 Å². The summed E-state index contributed by atoms with van der Waals surface area (Å²) in [6.45, 7) is 0. The molecule has 4 rings (SSSR count). The van der Waals surface area contributed by atoms with Crippen LogP contribution < -0.4 is 10.1 Å². The molecule has 0 radical (unpaired) electrons. The Morgan fingerprint density at radius 1 is 1.14 bits per heavy atom. The predicted octanol–water partition coefficient (Wildman–Crippen LogP) is 6.12. The number of hydrogen-bond acceptors (Lipinski definition) is 5. The number of thiazole rings is 1. The van der Waals surface area contributed by atoms with Gasteiger partial charge in [-0.2, -0.15) is 0 Å². The van der Waals surface area contributed by atoms with Crippen LogP contribution in [-0.4, -0.2) is 18.0 Å². The first kappa shape index (κ1) is 19.2. The van der Waals surface area contributed by atoms with Crippen molar-refractivity contribution in [3.05, 3.63) is 76.6 Å². The second kappa shape index (κ2) is 8.06. The highest BCUT2D eigenvalue weighted by atomic mass is 35.5. The molecule has 4 aromatic rings. The number of anilines is 1. The van der Waals surface area contributed by atoms with E-state index in [1.165, 1.54) is 30.6 Å². The van der Waals surface area contributed by atoms with Crippen LogP contribution in [0.15, 0.2) is 64.4 Å². The van der Waals surface area contributed by atoms with Gasteiger partial charge in [0.2, 0.25) is 0 Å². The minimum atomic E-state index is -0.478. The molecule has 0 spiro atoms. The smallest absolute Gasteiger partial charge is 0.293 e. The Labute approximate surface area is 174 Å². The molecule has 29 heavy (non-hydrogen) atoms. The average molecular weight is 429 g/mol. The van der Waals surface area contributed by atoms with Gasteiger partial charge in [-0.3, -0.25) is 10.1 Å². The molecule has 0 saturated carbocycles. The first-order valence-corrected chi connectivity index (χ1v) is 9.76. The van der Waals surface area contributed by atoms with Gasteiger partial charge in [0.05, 0.1) is 12.8 Å². The lowest BCUT2D eigenvalue weighted by atomic mass is 10.1. The summed E-state index contributed by atoms with van der Waals surface area (Å²) in [6, 6.07) is 15.0. The van der Waals surface area contributed by atoms with Crippen LogP contribution in [0.5, 0.6) is 5.75 Å². The first-order chi connectivity index (χ1) is 14.0. The third-order valence-electron chi connectivity index (χ3n) is 4.13. The Morgan fingerprint density at radius 2 is 1.90 bits per heavy atom. The molecule has 2 aromatic heterocycles. The maximum atomic E-state index is 13.9. The number of furan rings is 1. The molecule has 146 valence electrons. The molecular weight excluding hydrogens is 415 g/mol. The van der Waals surface area contributed by atoms with E-state index < -0.39 is 11.7 Å². The van der Waals surface area contributed by atoms with Gasteiger partial charge >= 0.3 is 0 Å². The van der Waals surface area contributed by atoms with E-state index in [4.69, 9.17) is 20.8 Å². The molecule has 0 atom stereocenters. The van der Waals surface area contributed by atoms with Crippen molar-refractivity contribution in [3.63, 3.8) is 0 Å². The molecule has 2 aromatic carbocycles. The van der Waals surface area contributed by atoms with Gasteiger partial charge in [-0.05, 0) is 54.6 Å². The van der Waals surface area contributed by atoms with E-state index in [0.717, 1.165) is 5.56 Å². The van der Waals surface area contributed by atoms with Crippen LogP contribution >= 0.6 is 22.9 Å². The molecule has 1 amide bonds. The lowest BCUT2D eigenvalue weighted by Crippen LogP contribution is -2.10. The van der Waals surface area contributed by atoms with Crippen LogP contribution in [-0.2, 0) is 0 Å². The summed E-state index contributed by atoms with van der Waals surface area (Å²) >= 11 is 7.12. The Bertz CT molecular complexity index is 1170. The van der Waals surface area contributed by atoms with Crippen LogP contribution in [0.4, 0.5) is 9.52 Å². The summed E-state index contributed by atoms with van der Waals surface area (Å²) < 4.78 is 24.5. The zero-order valence-corrected chi connectivity index (χ0v) is 16.7. The first-order valence-electron chi connectivity index (χ1n) is 8.50. The summed E-state index contributed by atoms with van der Waals surface area (Å²) in [4.78, 5) is 16.8. The number of hydrogen-bond donors (Lipinski definition) is 1. The van der Waals surface area contributed by atoms with Crippen molar-refractivity contribution in [1.82, 2.24) is 4.98 Å². The topological polar surface area (TPSA) is 64.4 Å². The summed E-state index contributed by atoms with van der Waals surface area (Å²) in [5.41, 5.74) is 1.95. The molecule has 0 aliphatic heterocycles. The molecular formula is C21H14ClFN2O3S. The zero-order chi connectivity index (χ0) is 20.4. The van der Waals surface area contributed by atoms with Crippen molar-refractivity contribution in [2.75, 3.05) is 12.4 Å². The highest BCUT2D eigenvalue weighted by Crippen LogP contribution is 2.29. The van der Waals surface area contributed by atoms with Crippen molar-refractivity contribution in [2.24, 2.45) is 0 Å². The maximum Gasteiger partial charge on any atom is 0.293 e. The maximum absolute atomic E-state index is 13.9. The third kappa shape index (κ3) is 4.16. The number of nitrogens with zero attached hydrogens (tertiary/aromatic N) is 1. The minimum Gasteiger partial charge on any atom is -0.494 e. The lowest BCUT2D eigenvalue weighted by Gasteiger charge is -2.03. The van der Waals surface area contributed by atoms with E-state index in [1.807, 2.05) is 12.1 Å². The number of ether oxygens (including phenoxy) is 1. The summed E-state index contributed by atoms with van der Waals surface area (Å²) in [5, 5.41) is 5.43. The van der Waals surface area contributed by atoms with Gasteiger partial charge in [0, 0.05) is 21.5 Å². The highest BCUT2D eigenvalue weighted by Gasteiger charge is 2.15. The molecule has 0 aliphatic rings. The quantitative estimate of drug-likeness (QED) is 0.415. The van der Waals surface area contributed by atoms with Gasteiger partial charge in [0.15, 0.2) is 22.5 Å². The van der Waals surface area contributed by atoms with Crippen LogP contribution in [0.2, 0.25) is 5.02 Å². The van der Waals surface area contributed by atoms with Crippen LogP contribution in [0.1, 0.15) is 10.6 Å². The number of benzene rings is 2. The van der Waals surface area contributed by atoms with Gasteiger partial charge < -0.3 is 9.15 Å². The number of rotatable bonds is 5. The van der Waals surface area contributed by atoms with Crippen molar-refractivity contribution in [1.29, 1.82) is 0 Å². The Balaban J connectivity index is 1.48. The fraction of sp³-hybridized carbons (Fsp3) is 0.0476. The minimum absolute atomic E-state index is 0.155. The van der Waals surface area contributed by atoms with E-state index in [1.54, 1.807) is 35.7 Å². The highest BCUT2D eigenvalue weighted by molar-refractivity contribution is 7.14. The molecule has 0 fully saturated rings. The molecule has 8 heteroatoms. The van der Waals surface area contributed by atoms with Gasteiger partial charge in [0.1, 0.15) is 5.76 Å². The van der Waals surface area contributed by atoms with E-state index in [0.29, 0.717) is 27.2 Å². The lowest BCUT2D eigenvalue weighted by molar-refractivity contribution is 0.0997. The van der Waals surface area contributed by atoms with E-state index in [2.05, 4.69) is 10.3 Å². The van der Waals surface area contributed by atoms with Gasteiger partial charge in [-0.1, -0.05) is 11.6 Å². The molecule has 0 bridgehead atoms. The predicted molar refractivity (Wildman–Crippen MR) is 111 cm³/mol. The fourth-order valence-corrected chi connectivity index (χ4v) is 3.52. The average Bonchev–Trinajstić information content (AvgIpc) is 3.38. The Morgan fingerprint density at radius 3 is 2.62 bits per heavy atom. The molecule has 0 unspecified atom stereocenters. The van der Waals surface area contributed by atoms with Gasteiger partial charge in [-0.15, -0.1) is 11.3 Å². The standard InChI is InChI=1S/C21H14ClFN2O3S/c1-27-18-7-4-13(10-15(18)23)16-11-29-21(24-16)25-20(26)19-9-8-17(28-19)12-2-5-14(22)6-3-12/h2-11H,1H3,(H,24,25,26). The Hall–Kier alpha value is -3.16. The zero-order valence-electron chi connectivity index (χ0n) is 15.1. The number of nitrogens with one attached hydrogen (secondary N) is 1. The normalized spacial score (nSPS) is 10.7. The third-order valence-corrected chi connectivity index (χ3v) is 5.14. The van der Waals surface area contributed by atoms with Crippen LogP contribution in [0.25, 0.3) is 22.6 Å². The monoisotopic (exact) mass is 428 g/mol. The largest absolute Gasteiger partial charge is 0.494 e. The number of halogens is 2. The summed E-state index contributed by atoms with van der Waals surface area (Å²) in [7, 11) is 1.40. The molecule has 0 aliphatic carbocycles.